The van der Waals surface area contributed by atoms with Crippen LogP contribution in [0.3, 0.4) is 0 Å². The number of hydrogen-bond donors (Lipinski definition) is 2. The highest BCUT2D eigenvalue weighted by Crippen LogP contribution is 2.18. The van der Waals surface area contributed by atoms with Gasteiger partial charge in [0.15, 0.2) is 0 Å². The molecule has 0 spiro atoms. The zero-order chi connectivity index (χ0) is 15.4. The second-order valence-electron chi connectivity index (χ2n) is 4.20. The van der Waals surface area contributed by atoms with E-state index in [0.29, 0.717) is 5.56 Å². The molecule has 0 aliphatic heterocycles. The van der Waals surface area contributed by atoms with Gasteiger partial charge in [0.1, 0.15) is 5.82 Å². The number of nitro groups is 1. The number of benzene rings is 1. The van der Waals surface area contributed by atoms with Gasteiger partial charge >= 0.3 is 0 Å². The van der Waals surface area contributed by atoms with E-state index in [1.165, 1.54) is 11.3 Å². The van der Waals surface area contributed by atoms with Gasteiger partial charge in [0.05, 0.1) is 16.6 Å². The highest BCUT2D eigenvalue weighted by molar-refractivity contribution is 7.07. The smallest absolute Gasteiger partial charge is 0.270 e. The summed E-state index contributed by atoms with van der Waals surface area (Å²) in [6.07, 6.45) is -0.915. The number of halogens is 1. The van der Waals surface area contributed by atoms with Gasteiger partial charge < -0.3 is 10.4 Å². The van der Waals surface area contributed by atoms with Crippen LogP contribution in [0.15, 0.2) is 35.0 Å². The van der Waals surface area contributed by atoms with Crippen molar-refractivity contribution < 1.29 is 19.2 Å². The highest BCUT2D eigenvalue weighted by atomic mass is 32.1. The number of carbonyl (C=O) groups excluding carboxylic acids is 1. The third kappa shape index (κ3) is 3.61. The van der Waals surface area contributed by atoms with Crippen molar-refractivity contribution in [3.8, 4) is 0 Å². The normalized spacial score (nSPS) is 11.9. The molecule has 0 bridgehead atoms. The van der Waals surface area contributed by atoms with E-state index in [4.69, 9.17) is 0 Å². The molecular weight excluding hydrogens is 299 g/mol. The van der Waals surface area contributed by atoms with Gasteiger partial charge in [-0.1, -0.05) is 0 Å². The number of nitrogens with one attached hydrogen (secondary N) is 1. The topological polar surface area (TPSA) is 92.5 Å². The van der Waals surface area contributed by atoms with Crippen LogP contribution in [0.2, 0.25) is 0 Å². The molecule has 2 N–H and O–H groups in total. The zero-order valence-corrected chi connectivity index (χ0v) is 11.5. The van der Waals surface area contributed by atoms with E-state index in [0.717, 1.165) is 18.2 Å². The van der Waals surface area contributed by atoms with Crippen molar-refractivity contribution in [1.82, 2.24) is 5.32 Å². The minimum absolute atomic E-state index is 0.113. The molecular formula is C13H11FN2O4S. The molecule has 0 saturated heterocycles. The van der Waals surface area contributed by atoms with Gasteiger partial charge in [-0.2, -0.15) is 11.3 Å². The van der Waals surface area contributed by atoms with Crippen LogP contribution in [0.25, 0.3) is 0 Å². The molecule has 1 unspecified atom stereocenters. The molecule has 1 aromatic carbocycles. The molecule has 0 fully saturated rings. The average Bonchev–Trinajstić information content (AvgIpc) is 2.98. The number of hydrogen-bond acceptors (Lipinski definition) is 5. The maximum absolute atomic E-state index is 13.5. The molecule has 6 nitrogen and oxygen atoms in total. The summed E-state index contributed by atoms with van der Waals surface area (Å²) < 4.78 is 13.5. The van der Waals surface area contributed by atoms with Crippen LogP contribution in [0.5, 0.6) is 0 Å². The molecule has 0 radical (unpaired) electrons. The molecule has 1 aromatic heterocycles. The first-order chi connectivity index (χ1) is 9.99. The number of thiophene rings is 1. The van der Waals surface area contributed by atoms with Crippen LogP contribution >= 0.6 is 11.3 Å². The van der Waals surface area contributed by atoms with Gasteiger partial charge in [-0.25, -0.2) is 4.39 Å². The van der Waals surface area contributed by atoms with E-state index in [1.54, 1.807) is 16.8 Å². The Morgan fingerprint density at radius 1 is 1.48 bits per heavy atom. The molecule has 0 aliphatic rings. The summed E-state index contributed by atoms with van der Waals surface area (Å²) in [5.41, 5.74) is -0.165. The summed E-state index contributed by atoms with van der Waals surface area (Å²) in [6, 6.07) is 4.41. The van der Waals surface area contributed by atoms with Crippen LogP contribution in [-0.4, -0.2) is 22.5 Å². The molecule has 2 rings (SSSR count). The van der Waals surface area contributed by atoms with Gasteiger partial charge in [0, 0.05) is 18.7 Å². The number of non-ortho nitro benzene ring substituents is 1. The van der Waals surface area contributed by atoms with Gasteiger partial charge in [0.25, 0.3) is 11.6 Å². The zero-order valence-electron chi connectivity index (χ0n) is 10.7. The Bertz CT molecular complexity index is 660. The van der Waals surface area contributed by atoms with Crippen LogP contribution in [0.4, 0.5) is 10.1 Å². The Hall–Kier alpha value is -2.32. The van der Waals surface area contributed by atoms with Crippen molar-refractivity contribution >= 4 is 22.9 Å². The Labute approximate surface area is 123 Å². The average molecular weight is 310 g/mol. The number of rotatable bonds is 5. The summed E-state index contributed by atoms with van der Waals surface area (Å²) in [5.74, 6) is -1.67. The maximum atomic E-state index is 13.5. The third-order valence-electron chi connectivity index (χ3n) is 2.79. The van der Waals surface area contributed by atoms with Crippen molar-refractivity contribution in [2.24, 2.45) is 0 Å². The first-order valence-corrected chi connectivity index (χ1v) is 6.85. The van der Waals surface area contributed by atoms with E-state index < -0.39 is 28.3 Å². The SMILES string of the molecule is O=C(NCC(O)c1ccsc1)c1cc([N+](=O)[O-])ccc1F. The first kappa shape index (κ1) is 15.1. The van der Waals surface area contributed by atoms with Gasteiger partial charge in [-0.05, 0) is 28.5 Å². The molecule has 0 saturated carbocycles. The molecule has 1 atom stereocenters. The maximum Gasteiger partial charge on any atom is 0.270 e. The summed E-state index contributed by atoms with van der Waals surface area (Å²) >= 11 is 1.40. The monoisotopic (exact) mass is 310 g/mol. The van der Waals surface area contributed by atoms with Crippen LogP contribution in [-0.2, 0) is 0 Å². The van der Waals surface area contributed by atoms with Crippen LogP contribution in [0, 0.1) is 15.9 Å². The van der Waals surface area contributed by atoms with Crippen LogP contribution in [0.1, 0.15) is 22.0 Å². The summed E-state index contributed by atoms with van der Waals surface area (Å²) in [5, 5.41) is 26.3. The predicted molar refractivity (Wildman–Crippen MR) is 74.7 cm³/mol. The van der Waals surface area contributed by atoms with E-state index in [-0.39, 0.29) is 12.2 Å². The van der Waals surface area contributed by atoms with Gasteiger partial charge in [-0.15, -0.1) is 0 Å². The Kier molecular flexibility index (Phi) is 4.61. The van der Waals surface area contributed by atoms with Crippen molar-refractivity contribution in [1.29, 1.82) is 0 Å². The largest absolute Gasteiger partial charge is 0.387 e. The predicted octanol–water partition coefficient (Wildman–Crippen LogP) is 2.26. The Balaban J connectivity index is 2.06. The second kappa shape index (κ2) is 6.42. The van der Waals surface area contributed by atoms with E-state index in [1.807, 2.05) is 0 Å². The lowest BCUT2D eigenvalue weighted by atomic mass is 10.1. The third-order valence-corrected chi connectivity index (χ3v) is 3.49. The Morgan fingerprint density at radius 2 is 2.24 bits per heavy atom. The molecule has 8 heteroatoms. The van der Waals surface area contributed by atoms with E-state index in [2.05, 4.69) is 5.32 Å². The lowest BCUT2D eigenvalue weighted by molar-refractivity contribution is -0.384. The fourth-order valence-electron chi connectivity index (χ4n) is 1.67. The molecule has 110 valence electrons. The summed E-state index contributed by atoms with van der Waals surface area (Å²) in [7, 11) is 0. The Morgan fingerprint density at radius 3 is 2.86 bits per heavy atom. The molecule has 1 amide bonds. The van der Waals surface area contributed by atoms with Crippen molar-refractivity contribution in [3.05, 3.63) is 62.1 Å². The molecule has 0 aliphatic carbocycles. The van der Waals surface area contributed by atoms with E-state index in [9.17, 15) is 24.4 Å². The number of amides is 1. The van der Waals surface area contributed by atoms with Gasteiger partial charge in [-0.3, -0.25) is 14.9 Å². The van der Waals surface area contributed by atoms with Crippen LogP contribution < -0.4 is 5.32 Å². The molecule has 1 heterocycles. The first-order valence-electron chi connectivity index (χ1n) is 5.91. The highest BCUT2D eigenvalue weighted by Gasteiger charge is 2.18. The molecule has 2 aromatic rings. The van der Waals surface area contributed by atoms with Crippen molar-refractivity contribution in [3.63, 3.8) is 0 Å². The lowest BCUT2D eigenvalue weighted by Crippen LogP contribution is -2.29. The fraction of sp³-hybridized carbons (Fsp3) is 0.154. The molecule has 21 heavy (non-hydrogen) atoms. The lowest BCUT2D eigenvalue weighted by Gasteiger charge is -2.10. The summed E-state index contributed by atoms with van der Waals surface area (Å²) in [6.45, 7) is -0.113. The van der Waals surface area contributed by atoms with Crippen molar-refractivity contribution in [2.45, 2.75) is 6.10 Å². The quantitative estimate of drug-likeness (QED) is 0.654. The van der Waals surface area contributed by atoms with E-state index >= 15 is 0 Å². The summed E-state index contributed by atoms with van der Waals surface area (Å²) in [4.78, 5) is 21.7. The number of aliphatic hydroxyl groups excluding tert-OH is 1. The minimum Gasteiger partial charge on any atom is -0.387 e. The van der Waals surface area contributed by atoms with Gasteiger partial charge in [0.2, 0.25) is 0 Å². The number of carbonyl (C=O) groups is 1. The number of nitro benzene ring substituents is 1. The second-order valence-corrected chi connectivity index (χ2v) is 4.98. The number of nitrogens with zero attached hydrogens (tertiary/aromatic N) is 1. The fourth-order valence-corrected chi connectivity index (χ4v) is 2.37. The standard InChI is InChI=1S/C13H11FN2O4S/c14-11-2-1-9(16(19)20)5-10(11)13(18)15-6-12(17)8-3-4-21-7-8/h1-5,7,12,17H,6H2,(H,15,18). The minimum atomic E-state index is -0.915. The number of aliphatic hydroxyl groups is 1. The van der Waals surface area contributed by atoms with Crippen molar-refractivity contribution in [2.75, 3.05) is 6.54 Å².